The van der Waals surface area contributed by atoms with Crippen LogP contribution in [0, 0.1) is 19.8 Å². The van der Waals surface area contributed by atoms with E-state index in [2.05, 4.69) is 67.7 Å². The second kappa shape index (κ2) is 5.45. The van der Waals surface area contributed by atoms with Crippen LogP contribution in [-0.2, 0) is 0 Å². The molecule has 0 saturated heterocycles. The van der Waals surface area contributed by atoms with Crippen LogP contribution in [0.5, 0.6) is 5.75 Å². The van der Waals surface area contributed by atoms with Crippen molar-refractivity contribution in [1.29, 1.82) is 0 Å². The smallest absolute Gasteiger partial charge is 0.118 e. The number of methoxy groups -OCH3 is 1. The summed E-state index contributed by atoms with van der Waals surface area (Å²) in [6, 6.07) is 13.5. The predicted octanol–water partition coefficient (Wildman–Crippen LogP) is 5.14. The molecule has 1 N–H and O–H groups in total. The maximum atomic E-state index is 5.30. The Labute approximate surface area is 138 Å². The molecule has 2 heteroatoms. The average Bonchev–Trinajstić information content (AvgIpc) is 3.03. The zero-order valence-corrected chi connectivity index (χ0v) is 14.0. The second-order valence-corrected chi connectivity index (χ2v) is 6.79. The van der Waals surface area contributed by atoms with Crippen LogP contribution in [0.25, 0.3) is 0 Å². The lowest BCUT2D eigenvalue weighted by atomic mass is 9.75. The Morgan fingerprint density at radius 2 is 1.87 bits per heavy atom. The normalized spacial score (nSPS) is 24.7. The molecule has 0 bridgehead atoms. The molecule has 2 aliphatic rings. The van der Waals surface area contributed by atoms with Gasteiger partial charge >= 0.3 is 0 Å². The van der Waals surface area contributed by atoms with Crippen LogP contribution >= 0.6 is 0 Å². The fraction of sp³-hybridized carbons (Fsp3) is 0.333. The molecule has 0 unspecified atom stereocenters. The van der Waals surface area contributed by atoms with Crippen molar-refractivity contribution in [2.24, 2.45) is 5.92 Å². The Bertz CT molecular complexity index is 760. The van der Waals surface area contributed by atoms with Gasteiger partial charge < -0.3 is 10.1 Å². The Morgan fingerprint density at radius 3 is 2.61 bits per heavy atom. The first-order valence-corrected chi connectivity index (χ1v) is 8.35. The first-order chi connectivity index (χ1) is 11.2. The van der Waals surface area contributed by atoms with E-state index < -0.39 is 0 Å². The van der Waals surface area contributed by atoms with Crippen molar-refractivity contribution in [1.82, 2.24) is 0 Å². The molecule has 0 aromatic heterocycles. The zero-order chi connectivity index (χ0) is 16.0. The lowest BCUT2D eigenvalue weighted by Gasteiger charge is -2.38. The number of benzene rings is 2. The Hall–Kier alpha value is -2.22. The lowest BCUT2D eigenvalue weighted by molar-refractivity contribution is 0.411. The predicted molar refractivity (Wildman–Crippen MR) is 95.3 cm³/mol. The summed E-state index contributed by atoms with van der Waals surface area (Å²) in [7, 11) is 1.71. The molecule has 1 aliphatic heterocycles. The minimum absolute atomic E-state index is 0.356. The van der Waals surface area contributed by atoms with Crippen molar-refractivity contribution in [3.8, 4) is 5.75 Å². The summed E-state index contributed by atoms with van der Waals surface area (Å²) in [5.74, 6) is 2.04. The third-order valence-corrected chi connectivity index (χ3v) is 5.29. The molecule has 2 aromatic rings. The van der Waals surface area contributed by atoms with Crippen LogP contribution in [0.15, 0.2) is 48.6 Å². The molecule has 23 heavy (non-hydrogen) atoms. The number of hydrogen-bond acceptors (Lipinski definition) is 2. The van der Waals surface area contributed by atoms with Gasteiger partial charge in [-0.15, -0.1) is 0 Å². The second-order valence-electron chi connectivity index (χ2n) is 6.79. The summed E-state index contributed by atoms with van der Waals surface area (Å²) >= 11 is 0. The third kappa shape index (κ3) is 2.33. The number of ether oxygens (including phenoxy) is 1. The van der Waals surface area contributed by atoms with Crippen molar-refractivity contribution in [2.45, 2.75) is 32.2 Å². The van der Waals surface area contributed by atoms with Crippen molar-refractivity contribution < 1.29 is 4.74 Å². The van der Waals surface area contributed by atoms with E-state index in [1.165, 1.54) is 27.9 Å². The Morgan fingerprint density at radius 1 is 1.09 bits per heavy atom. The molecular weight excluding hydrogens is 282 g/mol. The van der Waals surface area contributed by atoms with Gasteiger partial charge in [0, 0.05) is 11.6 Å². The highest BCUT2D eigenvalue weighted by molar-refractivity contribution is 5.63. The highest BCUT2D eigenvalue weighted by Gasteiger charge is 2.38. The van der Waals surface area contributed by atoms with Gasteiger partial charge in [0.1, 0.15) is 5.75 Å². The molecule has 118 valence electrons. The summed E-state index contributed by atoms with van der Waals surface area (Å²) in [5.41, 5.74) is 6.86. The van der Waals surface area contributed by atoms with Gasteiger partial charge in [-0.3, -0.25) is 0 Å². The number of anilines is 1. The summed E-state index contributed by atoms with van der Waals surface area (Å²) < 4.78 is 5.30. The van der Waals surface area contributed by atoms with E-state index in [-0.39, 0.29) is 0 Å². The fourth-order valence-electron chi connectivity index (χ4n) is 4.28. The highest BCUT2D eigenvalue weighted by Crippen LogP contribution is 2.51. The van der Waals surface area contributed by atoms with Gasteiger partial charge in [-0.25, -0.2) is 0 Å². The van der Waals surface area contributed by atoms with E-state index in [1.54, 1.807) is 7.11 Å². The maximum Gasteiger partial charge on any atom is 0.118 e. The summed E-state index contributed by atoms with van der Waals surface area (Å²) in [5, 5.41) is 3.82. The van der Waals surface area contributed by atoms with Gasteiger partial charge in [0.2, 0.25) is 0 Å². The number of nitrogens with one attached hydrogen (secondary N) is 1. The van der Waals surface area contributed by atoms with E-state index in [1.807, 2.05) is 0 Å². The van der Waals surface area contributed by atoms with Crippen molar-refractivity contribution >= 4 is 5.69 Å². The summed E-state index contributed by atoms with van der Waals surface area (Å²) in [6.45, 7) is 4.42. The average molecular weight is 305 g/mol. The first kappa shape index (κ1) is 14.4. The highest BCUT2D eigenvalue weighted by atomic mass is 16.5. The molecule has 0 amide bonds. The molecule has 0 radical (unpaired) electrons. The van der Waals surface area contributed by atoms with E-state index in [0.29, 0.717) is 17.9 Å². The zero-order valence-electron chi connectivity index (χ0n) is 14.0. The van der Waals surface area contributed by atoms with Gasteiger partial charge in [0.05, 0.1) is 13.2 Å². The third-order valence-electron chi connectivity index (χ3n) is 5.29. The van der Waals surface area contributed by atoms with Crippen molar-refractivity contribution in [3.63, 3.8) is 0 Å². The van der Waals surface area contributed by atoms with E-state index in [9.17, 15) is 0 Å². The van der Waals surface area contributed by atoms with Crippen LogP contribution in [0.4, 0.5) is 5.69 Å². The SMILES string of the molecule is COc1ccc([C@@H]2Nc3cc(C)cc(C)c3[C@@H]3C=CC[C@@H]32)cc1. The molecular formula is C21H23NO. The number of hydrogen-bond donors (Lipinski definition) is 1. The molecule has 2 aromatic carbocycles. The molecule has 0 spiro atoms. The molecule has 1 aliphatic carbocycles. The van der Waals surface area contributed by atoms with Crippen molar-refractivity contribution in [3.05, 3.63) is 70.8 Å². The molecule has 0 saturated carbocycles. The van der Waals surface area contributed by atoms with Crippen LogP contribution in [0.1, 0.15) is 40.6 Å². The van der Waals surface area contributed by atoms with Gasteiger partial charge in [-0.1, -0.05) is 30.4 Å². The van der Waals surface area contributed by atoms with E-state index in [0.717, 1.165) is 12.2 Å². The Kier molecular flexibility index (Phi) is 3.41. The van der Waals surface area contributed by atoms with E-state index in [4.69, 9.17) is 4.74 Å². The molecule has 2 nitrogen and oxygen atoms in total. The first-order valence-electron chi connectivity index (χ1n) is 8.35. The Balaban J connectivity index is 1.77. The minimum Gasteiger partial charge on any atom is -0.497 e. The largest absolute Gasteiger partial charge is 0.497 e. The minimum atomic E-state index is 0.356. The molecule has 4 rings (SSSR count). The standard InChI is InChI=1S/C21H23NO/c1-13-11-14(2)20-17-5-4-6-18(17)21(22-19(20)12-13)15-7-9-16(23-3)10-8-15/h4-5,7-12,17-18,21-22H,6H2,1-3H3/t17-,18+,21+/m1/s1. The monoisotopic (exact) mass is 305 g/mol. The number of allylic oxidation sites excluding steroid dienone is 2. The van der Waals surface area contributed by atoms with Gasteiger partial charge in [0.15, 0.2) is 0 Å². The van der Waals surface area contributed by atoms with Crippen LogP contribution in [0.3, 0.4) is 0 Å². The number of rotatable bonds is 2. The molecule has 1 heterocycles. The number of fused-ring (bicyclic) bond motifs is 3. The van der Waals surface area contributed by atoms with Gasteiger partial charge in [-0.2, -0.15) is 0 Å². The maximum absolute atomic E-state index is 5.30. The van der Waals surface area contributed by atoms with E-state index >= 15 is 0 Å². The van der Waals surface area contributed by atoms with Crippen LogP contribution < -0.4 is 10.1 Å². The topological polar surface area (TPSA) is 21.3 Å². The molecule has 0 fully saturated rings. The number of aryl methyl sites for hydroxylation is 2. The quantitative estimate of drug-likeness (QED) is 0.776. The summed E-state index contributed by atoms with van der Waals surface area (Å²) in [4.78, 5) is 0. The molecule has 3 atom stereocenters. The lowest BCUT2D eigenvalue weighted by Crippen LogP contribution is -2.29. The van der Waals surface area contributed by atoms with Crippen LogP contribution in [0.2, 0.25) is 0 Å². The summed E-state index contributed by atoms with van der Waals surface area (Å²) in [6.07, 6.45) is 5.90. The van der Waals surface area contributed by atoms with Crippen molar-refractivity contribution in [2.75, 3.05) is 12.4 Å². The van der Waals surface area contributed by atoms with Gasteiger partial charge in [0.25, 0.3) is 0 Å². The fourth-order valence-corrected chi connectivity index (χ4v) is 4.28. The van der Waals surface area contributed by atoms with Gasteiger partial charge in [-0.05, 0) is 66.6 Å². The van der Waals surface area contributed by atoms with Crippen LogP contribution in [-0.4, -0.2) is 7.11 Å².